The average molecular weight is 658 g/mol. The number of benzene rings is 4. The molecule has 2 aromatic heterocycles. The molecule has 9 rings (SSSR count). The lowest BCUT2D eigenvalue weighted by molar-refractivity contribution is 0.331. The van der Waals surface area contributed by atoms with Crippen LogP contribution in [0.15, 0.2) is 157 Å². The van der Waals surface area contributed by atoms with Crippen LogP contribution in [0.25, 0.3) is 44.5 Å². The lowest BCUT2D eigenvalue weighted by Crippen LogP contribution is -2.56. The first-order valence-electron chi connectivity index (χ1n) is 17.4. The van der Waals surface area contributed by atoms with Crippen molar-refractivity contribution in [2.75, 3.05) is 4.90 Å². The lowest BCUT2D eigenvalue weighted by atomic mass is 9.76. The van der Waals surface area contributed by atoms with Gasteiger partial charge in [-0.25, -0.2) is 0 Å². The molecule has 6 aromatic rings. The maximum atomic E-state index is 11.0. The topological polar surface area (TPSA) is 60.7 Å². The SMILES string of the molecule is C=C/C=C\c1c(C)n([C@]2(C)C(C#N)=C(C#N)C=CC2N2c3ccc4c(c3C3C=CC=CC32)c2ccccc2n4-c2ccccc2)c2ccccc12. The first-order chi connectivity index (χ1) is 25.0. The molecule has 4 aromatic carbocycles. The van der Waals surface area contributed by atoms with Gasteiger partial charge in [0, 0.05) is 50.2 Å². The maximum Gasteiger partial charge on any atom is 0.102 e. The molecule has 0 amide bonds. The summed E-state index contributed by atoms with van der Waals surface area (Å²) >= 11 is 0. The van der Waals surface area contributed by atoms with Crippen molar-refractivity contribution in [3.8, 4) is 17.8 Å². The molecular weight excluding hydrogens is 623 g/mol. The number of fused-ring (bicyclic) bond motifs is 8. The second-order valence-electron chi connectivity index (χ2n) is 13.7. The molecule has 0 spiro atoms. The van der Waals surface area contributed by atoms with E-state index in [1.54, 1.807) is 6.08 Å². The van der Waals surface area contributed by atoms with Crippen LogP contribution in [0.1, 0.15) is 29.7 Å². The van der Waals surface area contributed by atoms with Crippen molar-refractivity contribution in [3.63, 3.8) is 0 Å². The van der Waals surface area contributed by atoms with Crippen LogP contribution in [0.3, 0.4) is 0 Å². The van der Waals surface area contributed by atoms with Crippen molar-refractivity contribution in [3.05, 3.63) is 174 Å². The number of rotatable bonds is 5. The van der Waals surface area contributed by atoms with Gasteiger partial charge in [0.15, 0.2) is 0 Å². The zero-order chi connectivity index (χ0) is 34.9. The highest BCUT2D eigenvalue weighted by Crippen LogP contribution is 2.54. The van der Waals surface area contributed by atoms with Crippen LogP contribution in [0.4, 0.5) is 5.69 Å². The Bertz CT molecular complexity index is 2680. The van der Waals surface area contributed by atoms with Crippen LogP contribution >= 0.6 is 0 Å². The van der Waals surface area contributed by atoms with Crippen LogP contribution in [-0.4, -0.2) is 21.2 Å². The van der Waals surface area contributed by atoms with E-state index in [0.717, 1.165) is 33.5 Å². The largest absolute Gasteiger partial charge is 0.355 e. The summed E-state index contributed by atoms with van der Waals surface area (Å²) in [7, 11) is 0. The standard InChI is InChI=1S/C46H35N5/c1-4-5-17-33-30(2)51(40-23-14-9-18-34(33)40)46(3)37(29-48)31(28-47)24-27-43(46)50-39-22-13-11-20-36(39)45-42(50)26-25-41-44(45)35-19-10-12-21-38(35)49(41)32-15-7-6-8-16-32/h4-27,36,39,43H,1H2,2-3H3/b17-5-/t36?,39?,43?,46-/m1/s1. The summed E-state index contributed by atoms with van der Waals surface area (Å²) in [5.74, 6) is 0.0850. The van der Waals surface area contributed by atoms with E-state index in [-0.39, 0.29) is 18.0 Å². The minimum Gasteiger partial charge on any atom is -0.355 e. The summed E-state index contributed by atoms with van der Waals surface area (Å²) in [5, 5.41) is 24.9. The molecule has 244 valence electrons. The Labute approximate surface area is 297 Å². The Morgan fingerprint density at radius 2 is 1.51 bits per heavy atom. The molecule has 5 heteroatoms. The van der Waals surface area contributed by atoms with Gasteiger partial charge < -0.3 is 14.0 Å². The molecule has 4 atom stereocenters. The maximum absolute atomic E-state index is 11.0. The summed E-state index contributed by atoms with van der Waals surface area (Å²) in [5.41, 5.74) is 8.93. The van der Waals surface area contributed by atoms with E-state index < -0.39 is 5.54 Å². The summed E-state index contributed by atoms with van der Waals surface area (Å²) in [6.45, 7) is 8.18. The predicted molar refractivity (Wildman–Crippen MR) is 209 cm³/mol. The quantitative estimate of drug-likeness (QED) is 0.173. The minimum atomic E-state index is -0.938. The average Bonchev–Trinajstić information content (AvgIpc) is 3.78. The van der Waals surface area contributed by atoms with E-state index in [1.807, 2.05) is 18.2 Å². The third kappa shape index (κ3) is 4.13. The summed E-state index contributed by atoms with van der Waals surface area (Å²) < 4.78 is 4.68. The van der Waals surface area contributed by atoms with Gasteiger partial charge in [-0.1, -0.05) is 110 Å². The lowest BCUT2D eigenvalue weighted by Gasteiger charge is -2.48. The number of nitrogens with zero attached hydrogens (tertiary/aromatic N) is 5. The van der Waals surface area contributed by atoms with Crippen LogP contribution in [0, 0.1) is 29.6 Å². The number of para-hydroxylation sites is 3. The molecule has 0 fully saturated rings. The molecule has 0 bridgehead atoms. The Kier molecular flexibility index (Phi) is 6.88. The number of hydrogen-bond acceptors (Lipinski definition) is 3. The van der Waals surface area contributed by atoms with Crippen molar-refractivity contribution < 1.29 is 0 Å². The Balaban J connectivity index is 1.35. The first-order valence-corrected chi connectivity index (χ1v) is 17.4. The van der Waals surface area contributed by atoms with Gasteiger partial charge in [0.05, 0.1) is 40.3 Å². The normalized spacial score (nSPS) is 22.2. The molecule has 3 aliphatic rings. The monoisotopic (exact) mass is 657 g/mol. The fraction of sp³-hybridized carbons (Fsp3) is 0.130. The third-order valence-corrected chi connectivity index (χ3v) is 11.3. The molecule has 51 heavy (non-hydrogen) atoms. The highest BCUT2D eigenvalue weighted by molar-refractivity contribution is 6.13. The van der Waals surface area contributed by atoms with E-state index in [9.17, 15) is 10.5 Å². The van der Waals surface area contributed by atoms with E-state index >= 15 is 0 Å². The van der Waals surface area contributed by atoms with E-state index in [4.69, 9.17) is 0 Å². The van der Waals surface area contributed by atoms with Gasteiger partial charge in [-0.05, 0) is 61.9 Å². The number of hydrogen-bond donors (Lipinski definition) is 0. The second kappa shape index (κ2) is 11.5. The van der Waals surface area contributed by atoms with Crippen molar-refractivity contribution in [1.29, 1.82) is 10.5 Å². The van der Waals surface area contributed by atoms with Gasteiger partial charge in [-0.2, -0.15) is 10.5 Å². The fourth-order valence-corrected chi connectivity index (χ4v) is 9.24. The van der Waals surface area contributed by atoms with Gasteiger partial charge in [0.25, 0.3) is 0 Å². The van der Waals surface area contributed by atoms with Crippen LogP contribution in [0.2, 0.25) is 0 Å². The Morgan fingerprint density at radius 1 is 0.784 bits per heavy atom. The molecular formula is C46H35N5. The molecule has 2 aliphatic carbocycles. The molecule has 0 saturated carbocycles. The smallest absolute Gasteiger partial charge is 0.102 e. The number of aromatic nitrogens is 2. The first kappa shape index (κ1) is 30.5. The van der Waals surface area contributed by atoms with Crippen LogP contribution in [0.5, 0.6) is 0 Å². The number of nitriles is 2. The van der Waals surface area contributed by atoms with Gasteiger partial charge in [0.2, 0.25) is 0 Å². The summed E-state index contributed by atoms with van der Waals surface area (Å²) in [6, 6.07) is 36.8. The van der Waals surface area contributed by atoms with Gasteiger partial charge in [-0.3, -0.25) is 0 Å². The van der Waals surface area contributed by atoms with Crippen molar-refractivity contribution in [2.24, 2.45) is 0 Å². The van der Waals surface area contributed by atoms with Crippen LogP contribution in [-0.2, 0) is 5.54 Å². The van der Waals surface area contributed by atoms with Crippen LogP contribution < -0.4 is 4.90 Å². The predicted octanol–water partition coefficient (Wildman–Crippen LogP) is 10.3. The molecule has 0 saturated heterocycles. The molecule has 1 aliphatic heterocycles. The second-order valence-corrected chi connectivity index (χ2v) is 13.7. The fourth-order valence-electron chi connectivity index (χ4n) is 9.24. The highest BCUT2D eigenvalue weighted by atomic mass is 15.3. The highest BCUT2D eigenvalue weighted by Gasteiger charge is 2.52. The zero-order valence-corrected chi connectivity index (χ0v) is 28.5. The number of anilines is 1. The Morgan fingerprint density at radius 3 is 2.27 bits per heavy atom. The van der Waals surface area contributed by atoms with Crippen molar-refractivity contribution >= 4 is 44.5 Å². The van der Waals surface area contributed by atoms with E-state index in [2.05, 4.69) is 168 Å². The molecule has 3 heterocycles. The van der Waals surface area contributed by atoms with Crippen molar-refractivity contribution in [2.45, 2.75) is 37.4 Å². The Hall–Kier alpha value is -6.56. The molecule has 0 N–H and O–H groups in total. The van der Waals surface area contributed by atoms with Crippen molar-refractivity contribution in [1.82, 2.24) is 9.13 Å². The summed E-state index contributed by atoms with van der Waals surface area (Å²) in [4.78, 5) is 2.52. The third-order valence-electron chi connectivity index (χ3n) is 11.3. The van der Waals surface area contributed by atoms with Gasteiger partial charge in [-0.15, -0.1) is 0 Å². The van der Waals surface area contributed by atoms with Gasteiger partial charge in [0.1, 0.15) is 11.6 Å². The molecule has 0 radical (unpaired) electrons. The number of allylic oxidation sites excluding steroid dienone is 6. The van der Waals surface area contributed by atoms with Gasteiger partial charge >= 0.3 is 0 Å². The summed E-state index contributed by atoms with van der Waals surface area (Å²) in [6.07, 6.45) is 18.8. The van der Waals surface area contributed by atoms with E-state index in [0.29, 0.717) is 11.1 Å². The molecule has 3 unspecified atom stereocenters. The zero-order valence-electron chi connectivity index (χ0n) is 28.5. The minimum absolute atomic E-state index is 0.00532. The van der Waals surface area contributed by atoms with E-state index in [1.165, 1.54) is 27.4 Å². The molecule has 5 nitrogen and oxygen atoms in total.